The van der Waals surface area contributed by atoms with Gasteiger partial charge < -0.3 is 10.1 Å². The minimum atomic E-state index is -0.174. The average molecular weight is 333 g/mol. The van der Waals surface area contributed by atoms with E-state index in [1.165, 1.54) is 6.08 Å². The topological polar surface area (TPSA) is 56.1 Å². The third kappa shape index (κ3) is 4.81. The third-order valence-corrected chi connectivity index (χ3v) is 3.64. The van der Waals surface area contributed by atoms with Crippen LogP contribution in [0.5, 0.6) is 5.75 Å². The molecule has 0 aliphatic carbocycles. The summed E-state index contributed by atoms with van der Waals surface area (Å²) in [5.41, 5.74) is 2.76. The molecule has 0 fully saturated rings. The van der Waals surface area contributed by atoms with Crippen LogP contribution < -0.4 is 10.1 Å². The van der Waals surface area contributed by atoms with Gasteiger partial charge in [0.25, 0.3) is 0 Å². The van der Waals surface area contributed by atoms with Crippen molar-refractivity contribution in [1.82, 2.24) is 9.78 Å². The summed E-state index contributed by atoms with van der Waals surface area (Å²) in [4.78, 5) is 12.1. The predicted molar refractivity (Wildman–Crippen MR) is 98.4 cm³/mol. The molecule has 0 aliphatic heterocycles. The Morgan fingerprint density at radius 3 is 2.76 bits per heavy atom. The van der Waals surface area contributed by atoms with Crippen molar-refractivity contribution in [3.63, 3.8) is 0 Å². The Labute approximate surface area is 146 Å². The molecule has 1 amide bonds. The summed E-state index contributed by atoms with van der Waals surface area (Å²) in [5, 5.41) is 7.06. The number of aromatic nitrogens is 2. The summed E-state index contributed by atoms with van der Waals surface area (Å²) in [5.74, 6) is 0.614. The normalized spacial score (nSPS) is 10.8. The molecule has 0 aliphatic rings. The van der Waals surface area contributed by atoms with Crippen molar-refractivity contribution >= 4 is 17.7 Å². The molecule has 1 aromatic heterocycles. The molecular weight excluding hydrogens is 314 g/mol. The highest BCUT2D eigenvalue weighted by Gasteiger charge is 2.01. The van der Waals surface area contributed by atoms with Crippen LogP contribution in [0.4, 0.5) is 5.69 Å². The van der Waals surface area contributed by atoms with Gasteiger partial charge in [-0.15, -0.1) is 0 Å². The molecule has 25 heavy (non-hydrogen) atoms. The van der Waals surface area contributed by atoms with Crippen molar-refractivity contribution in [2.24, 2.45) is 0 Å². The van der Waals surface area contributed by atoms with Gasteiger partial charge in [-0.1, -0.05) is 24.3 Å². The Balaban J connectivity index is 1.61. The lowest BCUT2D eigenvalue weighted by Crippen LogP contribution is -2.08. The van der Waals surface area contributed by atoms with Crippen LogP contribution in [0.25, 0.3) is 6.08 Å². The molecule has 0 radical (unpaired) electrons. The standard InChI is InChI=1S/C20H19N3O2/c1-25-19-9-6-16(7-10-19)8-11-20(24)22-18-5-2-4-17(14-18)15-23-13-3-12-21-23/h2-14H,15H2,1H3,(H,22,24)/b11-8+. The van der Waals surface area contributed by atoms with E-state index in [4.69, 9.17) is 4.74 Å². The molecular formula is C20H19N3O2. The van der Waals surface area contributed by atoms with E-state index in [2.05, 4.69) is 10.4 Å². The number of amides is 1. The second-order valence-corrected chi connectivity index (χ2v) is 5.50. The molecule has 2 aromatic carbocycles. The maximum absolute atomic E-state index is 12.1. The summed E-state index contributed by atoms with van der Waals surface area (Å²) in [6.45, 7) is 0.665. The van der Waals surface area contributed by atoms with E-state index in [0.29, 0.717) is 6.54 Å². The number of nitrogens with one attached hydrogen (secondary N) is 1. The zero-order valence-electron chi connectivity index (χ0n) is 13.9. The Kier molecular flexibility index (Phi) is 5.26. The number of methoxy groups -OCH3 is 1. The quantitative estimate of drug-likeness (QED) is 0.701. The molecule has 0 spiro atoms. The fourth-order valence-electron chi connectivity index (χ4n) is 2.40. The molecule has 0 bridgehead atoms. The number of carbonyl (C=O) groups is 1. The molecule has 0 unspecified atom stereocenters. The summed E-state index contributed by atoms with van der Waals surface area (Å²) in [6.07, 6.45) is 6.93. The summed E-state index contributed by atoms with van der Waals surface area (Å²) < 4.78 is 6.95. The Morgan fingerprint density at radius 1 is 1.20 bits per heavy atom. The molecule has 1 N–H and O–H groups in total. The fraction of sp³-hybridized carbons (Fsp3) is 0.100. The summed E-state index contributed by atoms with van der Waals surface area (Å²) >= 11 is 0. The first-order valence-corrected chi connectivity index (χ1v) is 7.92. The minimum Gasteiger partial charge on any atom is -0.497 e. The SMILES string of the molecule is COc1ccc(/C=C/C(=O)Nc2cccc(Cn3cccn3)c2)cc1. The number of anilines is 1. The maximum Gasteiger partial charge on any atom is 0.248 e. The van der Waals surface area contributed by atoms with Crippen LogP contribution in [0.3, 0.4) is 0 Å². The van der Waals surface area contributed by atoms with Crippen molar-refractivity contribution in [3.8, 4) is 5.75 Å². The lowest BCUT2D eigenvalue weighted by Gasteiger charge is -2.06. The van der Waals surface area contributed by atoms with E-state index in [0.717, 1.165) is 22.6 Å². The molecule has 0 saturated heterocycles. The van der Waals surface area contributed by atoms with Gasteiger partial charge in [-0.05, 0) is 47.5 Å². The van der Waals surface area contributed by atoms with Gasteiger partial charge in [0, 0.05) is 24.2 Å². The number of nitrogens with zero attached hydrogens (tertiary/aromatic N) is 2. The number of carbonyl (C=O) groups excluding carboxylic acids is 1. The van der Waals surface area contributed by atoms with Crippen LogP contribution in [0.15, 0.2) is 73.1 Å². The van der Waals surface area contributed by atoms with E-state index < -0.39 is 0 Å². The predicted octanol–water partition coefficient (Wildman–Crippen LogP) is 3.59. The van der Waals surface area contributed by atoms with E-state index in [-0.39, 0.29) is 5.91 Å². The van der Waals surface area contributed by atoms with Gasteiger partial charge in [0.05, 0.1) is 13.7 Å². The van der Waals surface area contributed by atoms with E-state index in [9.17, 15) is 4.79 Å². The van der Waals surface area contributed by atoms with E-state index >= 15 is 0 Å². The number of ether oxygens (including phenoxy) is 1. The second-order valence-electron chi connectivity index (χ2n) is 5.50. The van der Waals surface area contributed by atoms with Crippen molar-refractivity contribution < 1.29 is 9.53 Å². The first-order chi connectivity index (χ1) is 12.2. The van der Waals surface area contributed by atoms with Gasteiger partial charge in [-0.25, -0.2) is 0 Å². The minimum absolute atomic E-state index is 0.174. The van der Waals surface area contributed by atoms with Gasteiger partial charge in [0.2, 0.25) is 5.91 Å². The van der Waals surface area contributed by atoms with Crippen LogP contribution in [-0.4, -0.2) is 22.8 Å². The van der Waals surface area contributed by atoms with Crippen molar-refractivity contribution in [1.29, 1.82) is 0 Å². The van der Waals surface area contributed by atoms with Crippen molar-refractivity contribution in [2.75, 3.05) is 12.4 Å². The molecule has 5 nitrogen and oxygen atoms in total. The van der Waals surface area contributed by atoms with Gasteiger partial charge in [-0.3, -0.25) is 9.48 Å². The van der Waals surface area contributed by atoms with Crippen LogP contribution in [0.1, 0.15) is 11.1 Å². The Bertz CT molecular complexity index is 853. The zero-order chi connectivity index (χ0) is 17.5. The maximum atomic E-state index is 12.1. The molecule has 5 heteroatoms. The van der Waals surface area contributed by atoms with E-state index in [1.807, 2.05) is 65.5 Å². The summed E-state index contributed by atoms with van der Waals surface area (Å²) in [6, 6.07) is 17.1. The van der Waals surface area contributed by atoms with Crippen LogP contribution in [0.2, 0.25) is 0 Å². The highest BCUT2D eigenvalue weighted by atomic mass is 16.5. The van der Waals surface area contributed by atoms with Crippen molar-refractivity contribution in [2.45, 2.75) is 6.54 Å². The van der Waals surface area contributed by atoms with Crippen LogP contribution in [0, 0.1) is 0 Å². The molecule has 3 aromatic rings. The lowest BCUT2D eigenvalue weighted by molar-refractivity contribution is -0.111. The van der Waals surface area contributed by atoms with Crippen LogP contribution >= 0.6 is 0 Å². The molecule has 0 atom stereocenters. The Hall–Kier alpha value is -3.34. The third-order valence-electron chi connectivity index (χ3n) is 3.64. The molecule has 3 rings (SSSR count). The van der Waals surface area contributed by atoms with Crippen LogP contribution in [-0.2, 0) is 11.3 Å². The fourth-order valence-corrected chi connectivity index (χ4v) is 2.40. The van der Waals surface area contributed by atoms with Gasteiger partial charge in [0.15, 0.2) is 0 Å². The molecule has 1 heterocycles. The largest absolute Gasteiger partial charge is 0.497 e. The smallest absolute Gasteiger partial charge is 0.248 e. The van der Waals surface area contributed by atoms with Gasteiger partial charge >= 0.3 is 0 Å². The monoisotopic (exact) mass is 333 g/mol. The van der Waals surface area contributed by atoms with Gasteiger partial charge in [0.1, 0.15) is 5.75 Å². The van der Waals surface area contributed by atoms with Crippen molar-refractivity contribution in [3.05, 3.63) is 84.2 Å². The van der Waals surface area contributed by atoms with E-state index in [1.54, 1.807) is 19.4 Å². The molecule has 0 saturated carbocycles. The first kappa shape index (κ1) is 16.5. The molecule has 126 valence electrons. The second kappa shape index (κ2) is 7.97. The number of hydrogen-bond acceptors (Lipinski definition) is 3. The van der Waals surface area contributed by atoms with Gasteiger partial charge in [-0.2, -0.15) is 5.10 Å². The highest BCUT2D eigenvalue weighted by Crippen LogP contribution is 2.14. The lowest BCUT2D eigenvalue weighted by atomic mass is 10.2. The number of hydrogen-bond donors (Lipinski definition) is 1. The first-order valence-electron chi connectivity index (χ1n) is 7.92. The summed E-state index contributed by atoms with van der Waals surface area (Å²) in [7, 11) is 1.62. The zero-order valence-corrected chi connectivity index (χ0v) is 13.9. The average Bonchev–Trinajstić information content (AvgIpc) is 3.14. The number of benzene rings is 2. The highest BCUT2D eigenvalue weighted by molar-refractivity contribution is 6.01. The number of rotatable bonds is 6. The Morgan fingerprint density at radius 2 is 2.04 bits per heavy atom.